The number of pyridine rings is 1. The van der Waals surface area contributed by atoms with Crippen LogP contribution in [0.25, 0.3) is 33.6 Å². The quantitative estimate of drug-likeness (QED) is 0.392. The number of hydrogen-bond donors (Lipinski definition) is 2. The van der Waals surface area contributed by atoms with Crippen LogP contribution in [0.1, 0.15) is 50.4 Å². The van der Waals surface area contributed by atoms with Crippen molar-refractivity contribution in [2.24, 2.45) is 18.7 Å². The van der Waals surface area contributed by atoms with Gasteiger partial charge in [0.05, 0.1) is 22.8 Å². The Labute approximate surface area is 233 Å². The van der Waals surface area contributed by atoms with Gasteiger partial charge in [-0.3, -0.25) is 4.79 Å². The Morgan fingerprint density at radius 2 is 1.95 bits per heavy atom. The maximum absolute atomic E-state index is 13.6. The van der Waals surface area contributed by atoms with Crippen LogP contribution in [-0.2, 0) is 18.3 Å². The lowest BCUT2D eigenvalue weighted by Gasteiger charge is -2.37. The first-order valence-electron chi connectivity index (χ1n) is 14.0. The van der Waals surface area contributed by atoms with E-state index in [2.05, 4.69) is 31.6 Å². The number of rotatable bonds is 5. The fraction of sp³-hybridized carbons (Fsp3) is 0.467. The molecule has 1 aliphatic heterocycles. The first-order valence-corrected chi connectivity index (χ1v) is 14.0. The van der Waals surface area contributed by atoms with Crippen LogP contribution in [0.4, 0.5) is 4.79 Å². The lowest BCUT2D eigenvalue weighted by Crippen LogP contribution is -2.59. The van der Waals surface area contributed by atoms with Crippen molar-refractivity contribution in [1.29, 1.82) is 0 Å². The first kappa shape index (κ1) is 26.3. The van der Waals surface area contributed by atoms with Crippen LogP contribution < -0.4 is 11.1 Å². The van der Waals surface area contributed by atoms with Gasteiger partial charge in [-0.25, -0.2) is 14.8 Å². The normalized spacial score (nSPS) is 19.8. The third-order valence-corrected chi connectivity index (χ3v) is 7.81. The van der Waals surface area contributed by atoms with Crippen molar-refractivity contribution in [3.05, 3.63) is 48.2 Å². The highest BCUT2D eigenvalue weighted by Crippen LogP contribution is 2.36. The highest BCUT2D eigenvalue weighted by molar-refractivity contribution is 5.98. The van der Waals surface area contributed by atoms with E-state index in [0.717, 1.165) is 40.1 Å². The van der Waals surface area contributed by atoms with Gasteiger partial charge in [0.15, 0.2) is 5.82 Å². The number of imidazole rings is 1. The molecule has 10 heteroatoms. The summed E-state index contributed by atoms with van der Waals surface area (Å²) in [7, 11) is 2.01. The number of aryl methyl sites for hydroxylation is 1. The molecule has 0 radical (unpaired) electrons. The second-order valence-corrected chi connectivity index (χ2v) is 12.2. The van der Waals surface area contributed by atoms with E-state index in [0.29, 0.717) is 31.0 Å². The standard InChI is InChI=1S/C30H37N7O3/c1-30(2,3)40-29(39)34-23-17-36(13-11-21(23)31)28(38)20-9-10-24-22(14-20)33-27(35(24)4)25-15-19-6-5-12-32-26(19)37(25)16-18-7-8-18/h5-6,9-10,12,14-15,18,21,23H,7-8,11,13,16-17,31H2,1-4H3,(H,34,39). The molecule has 210 valence electrons. The Kier molecular flexibility index (Phi) is 6.53. The molecule has 2 aliphatic rings. The Balaban J connectivity index is 1.26. The number of piperidine rings is 1. The number of carbonyl (C=O) groups is 2. The van der Waals surface area contributed by atoms with E-state index in [1.165, 1.54) is 12.8 Å². The molecule has 1 saturated carbocycles. The van der Waals surface area contributed by atoms with E-state index >= 15 is 0 Å². The second kappa shape index (κ2) is 9.92. The molecule has 40 heavy (non-hydrogen) atoms. The zero-order chi connectivity index (χ0) is 28.2. The summed E-state index contributed by atoms with van der Waals surface area (Å²) in [5, 5.41) is 3.95. The number of hydrogen-bond acceptors (Lipinski definition) is 6. The average Bonchev–Trinajstić information content (AvgIpc) is 3.57. The number of alkyl carbamates (subject to hydrolysis) is 1. The maximum Gasteiger partial charge on any atom is 0.407 e. The summed E-state index contributed by atoms with van der Waals surface area (Å²) in [5.74, 6) is 1.43. The van der Waals surface area contributed by atoms with E-state index < -0.39 is 11.7 Å². The third-order valence-electron chi connectivity index (χ3n) is 7.81. The summed E-state index contributed by atoms with van der Waals surface area (Å²) in [6.07, 6.45) is 4.38. The van der Waals surface area contributed by atoms with Crippen molar-refractivity contribution in [3.8, 4) is 11.5 Å². The average molecular weight is 544 g/mol. The number of benzene rings is 1. The van der Waals surface area contributed by atoms with Crippen molar-refractivity contribution in [2.75, 3.05) is 13.1 Å². The van der Waals surface area contributed by atoms with Gasteiger partial charge in [0, 0.05) is 49.9 Å². The summed E-state index contributed by atoms with van der Waals surface area (Å²) in [6, 6.07) is 11.2. The second-order valence-electron chi connectivity index (χ2n) is 12.2. The zero-order valence-corrected chi connectivity index (χ0v) is 23.6. The van der Waals surface area contributed by atoms with Gasteiger partial charge in [0.25, 0.3) is 5.91 Å². The van der Waals surface area contributed by atoms with E-state index in [1.807, 2.05) is 58.3 Å². The van der Waals surface area contributed by atoms with Gasteiger partial charge in [-0.15, -0.1) is 0 Å². The van der Waals surface area contributed by atoms with Crippen molar-refractivity contribution in [1.82, 2.24) is 29.3 Å². The van der Waals surface area contributed by atoms with Crippen LogP contribution in [0, 0.1) is 5.92 Å². The summed E-state index contributed by atoms with van der Waals surface area (Å²) in [4.78, 5) is 37.3. The van der Waals surface area contributed by atoms with Crippen LogP contribution in [0.3, 0.4) is 0 Å². The van der Waals surface area contributed by atoms with Crippen LogP contribution >= 0.6 is 0 Å². The van der Waals surface area contributed by atoms with Gasteiger partial charge in [-0.1, -0.05) is 0 Å². The number of aromatic nitrogens is 4. The molecular formula is C30H37N7O3. The summed E-state index contributed by atoms with van der Waals surface area (Å²) >= 11 is 0. The molecular weight excluding hydrogens is 506 g/mol. The van der Waals surface area contributed by atoms with Gasteiger partial charge in [0.1, 0.15) is 11.2 Å². The maximum atomic E-state index is 13.6. The molecule has 1 aliphatic carbocycles. The van der Waals surface area contributed by atoms with E-state index in [4.69, 9.17) is 15.5 Å². The minimum absolute atomic E-state index is 0.107. The smallest absolute Gasteiger partial charge is 0.407 e. The first-order chi connectivity index (χ1) is 19.1. The fourth-order valence-corrected chi connectivity index (χ4v) is 5.53. The Morgan fingerprint density at radius 3 is 2.70 bits per heavy atom. The lowest BCUT2D eigenvalue weighted by atomic mass is 9.99. The minimum atomic E-state index is -0.613. The van der Waals surface area contributed by atoms with E-state index in [-0.39, 0.29) is 18.0 Å². The highest BCUT2D eigenvalue weighted by atomic mass is 16.6. The number of likely N-dealkylation sites (tertiary alicyclic amines) is 1. The molecule has 1 aromatic carbocycles. The molecule has 3 N–H and O–H groups in total. The number of amides is 2. The zero-order valence-electron chi connectivity index (χ0n) is 23.6. The predicted octanol–water partition coefficient (Wildman–Crippen LogP) is 4.07. The fourth-order valence-electron chi connectivity index (χ4n) is 5.53. The van der Waals surface area contributed by atoms with Gasteiger partial charge < -0.3 is 29.8 Å². The molecule has 6 rings (SSSR count). The van der Waals surface area contributed by atoms with Gasteiger partial charge in [0.2, 0.25) is 0 Å². The SMILES string of the molecule is Cn1c(-c2cc3cccnc3n2CC2CC2)nc2cc(C(=O)N3CCC(N)C(NC(=O)OC(C)(C)C)C3)ccc21. The highest BCUT2D eigenvalue weighted by Gasteiger charge is 2.32. The van der Waals surface area contributed by atoms with Crippen molar-refractivity contribution >= 4 is 34.1 Å². The largest absolute Gasteiger partial charge is 0.444 e. The van der Waals surface area contributed by atoms with Gasteiger partial charge in [-0.2, -0.15) is 0 Å². The summed E-state index contributed by atoms with van der Waals surface area (Å²) in [5.41, 5.74) is 9.96. The number of nitrogens with one attached hydrogen (secondary N) is 1. The molecule has 3 aromatic heterocycles. The van der Waals surface area contributed by atoms with Crippen LogP contribution in [0.2, 0.25) is 0 Å². The topological polar surface area (TPSA) is 120 Å². The predicted molar refractivity (Wildman–Crippen MR) is 154 cm³/mol. The molecule has 0 spiro atoms. The number of nitrogens with zero attached hydrogens (tertiary/aromatic N) is 5. The molecule has 10 nitrogen and oxygen atoms in total. The van der Waals surface area contributed by atoms with E-state index in [1.54, 1.807) is 4.90 Å². The van der Waals surface area contributed by atoms with Crippen LogP contribution in [0.5, 0.6) is 0 Å². The molecule has 2 amide bonds. The molecule has 0 bridgehead atoms. The van der Waals surface area contributed by atoms with Crippen LogP contribution in [0.15, 0.2) is 42.6 Å². The monoisotopic (exact) mass is 543 g/mol. The molecule has 4 heterocycles. The molecule has 2 atom stereocenters. The Bertz CT molecular complexity index is 1590. The van der Waals surface area contributed by atoms with Crippen molar-refractivity contribution in [3.63, 3.8) is 0 Å². The van der Waals surface area contributed by atoms with Gasteiger partial charge in [-0.05, 0) is 82.3 Å². The van der Waals surface area contributed by atoms with Crippen LogP contribution in [-0.4, -0.2) is 66.8 Å². The van der Waals surface area contributed by atoms with Gasteiger partial charge >= 0.3 is 6.09 Å². The third kappa shape index (κ3) is 5.15. The molecule has 1 saturated heterocycles. The molecule has 2 fully saturated rings. The lowest BCUT2D eigenvalue weighted by molar-refractivity contribution is 0.0437. The number of nitrogens with two attached hydrogens (primary N) is 1. The number of fused-ring (bicyclic) bond motifs is 2. The minimum Gasteiger partial charge on any atom is -0.444 e. The summed E-state index contributed by atoms with van der Waals surface area (Å²) in [6.45, 7) is 7.20. The van der Waals surface area contributed by atoms with Crippen molar-refractivity contribution in [2.45, 2.75) is 64.3 Å². The Morgan fingerprint density at radius 1 is 1.15 bits per heavy atom. The number of ether oxygens (including phenoxy) is 1. The summed E-state index contributed by atoms with van der Waals surface area (Å²) < 4.78 is 9.77. The molecule has 4 aromatic rings. The van der Waals surface area contributed by atoms with Crippen molar-refractivity contribution < 1.29 is 14.3 Å². The van der Waals surface area contributed by atoms with E-state index in [9.17, 15) is 9.59 Å². The number of carbonyl (C=O) groups excluding carboxylic acids is 2. The Hall–Kier alpha value is -3.92. The molecule has 2 unspecified atom stereocenters.